The van der Waals surface area contributed by atoms with Gasteiger partial charge in [0, 0.05) is 49.6 Å². The van der Waals surface area contributed by atoms with Gasteiger partial charge in [0.2, 0.25) is 0 Å². The van der Waals surface area contributed by atoms with Gasteiger partial charge in [0.05, 0.1) is 28.8 Å². The number of nitrogens with zero attached hydrogens (tertiary/aromatic N) is 5. The van der Waals surface area contributed by atoms with E-state index in [-0.39, 0.29) is 17.9 Å². The Bertz CT molecular complexity index is 2970. The molecule has 6 aromatic carbocycles. The number of fused-ring (bicyclic) bond motifs is 4. The summed E-state index contributed by atoms with van der Waals surface area (Å²) in [6.07, 6.45) is -2.62. The van der Waals surface area contributed by atoms with Crippen LogP contribution in [0.1, 0.15) is 28.9 Å². The van der Waals surface area contributed by atoms with Gasteiger partial charge in [-0.25, -0.2) is 9.50 Å². The number of hydrogen-bond acceptors (Lipinski definition) is 8. The molecule has 2 aromatic heterocycles. The van der Waals surface area contributed by atoms with E-state index in [4.69, 9.17) is 10.1 Å². The minimum Gasteiger partial charge on any atom is -0.508 e. The zero-order chi connectivity index (χ0) is 43.8. The van der Waals surface area contributed by atoms with E-state index >= 15 is 0 Å². The summed E-state index contributed by atoms with van der Waals surface area (Å²) in [5, 5.41) is 21.5. The van der Waals surface area contributed by atoms with Gasteiger partial charge in [-0.3, -0.25) is 4.79 Å². The van der Waals surface area contributed by atoms with E-state index in [2.05, 4.69) is 80.5 Å². The van der Waals surface area contributed by atoms with E-state index in [1.165, 1.54) is 35.0 Å². The smallest absolute Gasteiger partial charge is 0.508 e. The maximum absolute atomic E-state index is 13.0. The number of carbonyl (C=O) groups is 1. The lowest BCUT2D eigenvalue weighted by atomic mass is 9.89. The number of hydrogen-bond donors (Lipinski definition) is 2. The summed E-state index contributed by atoms with van der Waals surface area (Å²) in [5.41, 5.74) is 7.93. The highest BCUT2D eigenvalue weighted by Crippen LogP contribution is 2.40. The fourth-order valence-corrected chi connectivity index (χ4v) is 10.2. The lowest BCUT2D eigenvalue weighted by molar-refractivity contribution is -0.274. The van der Waals surface area contributed by atoms with E-state index in [1.807, 2.05) is 53.0 Å². The molecule has 1 amide bonds. The molecule has 0 spiro atoms. The molecule has 4 heterocycles. The number of amides is 1. The van der Waals surface area contributed by atoms with Crippen molar-refractivity contribution in [2.45, 2.75) is 30.9 Å². The Morgan fingerprint density at radius 3 is 2.34 bits per heavy atom. The van der Waals surface area contributed by atoms with Crippen molar-refractivity contribution in [3.63, 3.8) is 0 Å². The molecule has 2 aliphatic heterocycles. The Kier molecular flexibility index (Phi) is 11.4. The van der Waals surface area contributed by atoms with Crippen LogP contribution in [0.15, 0.2) is 145 Å². The number of rotatable bonds is 12. The van der Waals surface area contributed by atoms with Gasteiger partial charge in [-0.05, 0) is 106 Å². The Labute approximate surface area is 372 Å². The van der Waals surface area contributed by atoms with Crippen LogP contribution in [0.5, 0.6) is 11.5 Å². The van der Waals surface area contributed by atoms with E-state index in [0.29, 0.717) is 17.5 Å². The van der Waals surface area contributed by atoms with E-state index in [0.717, 1.165) is 101 Å². The normalized spacial score (nSPS) is 15.2. The van der Waals surface area contributed by atoms with Crippen LogP contribution in [0.4, 0.5) is 18.9 Å². The maximum Gasteiger partial charge on any atom is 0.573 e. The average Bonchev–Trinajstić information content (AvgIpc) is 3.74. The van der Waals surface area contributed by atoms with Crippen molar-refractivity contribution in [3.05, 3.63) is 151 Å². The third kappa shape index (κ3) is 8.82. The molecule has 0 aliphatic carbocycles. The second-order valence-corrected chi connectivity index (χ2v) is 17.7. The number of aromatic nitrogens is 3. The molecular weight excluding hydrogens is 834 g/mol. The molecule has 9 nitrogen and oxygen atoms in total. The van der Waals surface area contributed by atoms with Crippen LogP contribution in [0, 0.1) is 11.8 Å². The van der Waals surface area contributed by atoms with Crippen molar-refractivity contribution in [1.82, 2.24) is 24.8 Å². The molecule has 2 aliphatic rings. The van der Waals surface area contributed by atoms with E-state index < -0.39 is 18.0 Å². The number of carbonyl (C=O) groups excluding carboxylic acids is 1. The monoisotopic (exact) mass is 878 g/mol. The molecule has 0 unspecified atom stereocenters. The SMILES string of the molecule is O=C(NCc1cc2c3ccccc3nc(SCC3CN(CC4CCN(c5ccc(-c6c(-c7ccccc7)ccc7cc(O)ccc67)cc5)CC4)C3)n2n1)c1ccccc1OC(F)(F)F. The summed E-state index contributed by atoms with van der Waals surface area (Å²) in [6, 6.07) is 44.3. The molecule has 0 atom stereocenters. The lowest BCUT2D eigenvalue weighted by Crippen LogP contribution is -2.50. The van der Waals surface area contributed by atoms with Gasteiger partial charge in [0.1, 0.15) is 11.5 Å². The number of nitrogens with one attached hydrogen (secondary N) is 1. The maximum atomic E-state index is 13.0. The van der Waals surface area contributed by atoms with Gasteiger partial charge < -0.3 is 25.0 Å². The topological polar surface area (TPSA) is 95.2 Å². The van der Waals surface area contributed by atoms with Crippen molar-refractivity contribution in [2.24, 2.45) is 11.8 Å². The molecule has 8 aromatic rings. The van der Waals surface area contributed by atoms with Gasteiger partial charge in [-0.15, -0.1) is 13.2 Å². The van der Waals surface area contributed by atoms with Crippen LogP contribution in [-0.2, 0) is 6.54 Å². The number of phenols is 1. The number of halogens is 3. The van der Waals surface area contributed by atoms with Crippen LogP contribution in [0.3, 0.4) is 0 Å². The quantitative estimate of drug-likeness (QED) is 0.0926. The van der Waals surface area contributed by atoms with Gasteiger partial charge in [0.25, 0.3) is 5.91 Å². The van der Waals surface area contributed by atoms with Gasteiger partial charge >= 0.3 is 6.36 Å². The van der Waals surface area contributed by atoms with E-state index in [1.54, 1.807) is 17.8 Å². The van der Waals surface area contributed by atoms with Gasteiger partial charge in [0.15, 0.2) is 5.16 Å². The highest BCUT2D eigenvalue weighted by atomic mass is 32.2. The lowest BCUT2D eigenvalue weighted by Gasteiger charge is -2.43. The highest BCUT2D eigenvalue weighted by molar-refractivity contribution is 7.99. The summed E-state index contributed by atoms with van der Waals surface area (Å²) in [5.74, 6) is 1.07. The number of likely N-dealkylation sites (tertiary alicyclic amines) is 1. The van der Waals surface area contributed by atoms with Crippen LogP contribution < -0.4 is 15.0 Å². The van der Waals surface area contributed by atoms with Gasteiger partial charge in [-0.2, -0.15) is 5.10 Å². The summed E-state index contributed by atoms with van der Waals surface area (Å²) in [7, 11) is 0. The average molecular weight is 879 g/mol. The number of aromatic hydroxyl groups is 1. The van der Waals surface area contributed by atoms with Crippen molar-refractivity contribution < 1.29 is 27.8 Å². The van der Waals surface area contributed by atoms with Crippen molar-refractivity contribution >= 4 is 50.5 Å². The summed E-state index contributed by atoms with van der Waals surface area (Å²) in [4.78, 5) is 23.0. The predicted octanol–water partition coefficient (Wildman–Crippen LogP) is 10.8. The van der Waals surface area contributed by atoms with Crippen molar-refractivity contribution in [3.8, 4) is 33.8 Å². The molecule has 0 radical (unpaired) electrons. The molecule has 2 fully saturated rings. The highest BCUT2D eigenvalue weighted by Gasteiger charge is 2.33. The number of para-hydroxylation sites is 2. The fraction of sp³-hybridized carbons (Fsp3) is 0.235. The molecule has 13 heteroatoms. The van der Waals surface area contributed by atoms with Gasteiger partial charge in [-0.1, -0.05) is 103 Å². The molecule has 0 saturated carbocycles. The Morgan fingerprint density at radius 2 is 1.55 bits per heavy atom. The number of phenolic OH excluding ortho intramolecular Hbond substituents is 1. The largest absolute Gasteiger partial charge is 0.573 e. The molecule has 2 saturated heterocycles. The number of anilines is 1. The predicted molar refractivity (Wildman–Crippen MR) is 247 cm³/mol. The zero-order valence-electron chi connectivity index (χ0n) is 34.8. The third-order valence-electron chi connectivity index (χ3n) is 12.3. The molecule has 0 bridgehead atoms. The van der Waals surface area contributed by atoms with Crippen LogP contribution >= 0.6 is 11.8 Å². The molecular formula is C51H45F3N6O3S. The van der Waals surface area contributed by atoms with Crippen molar-refractivity contribution in [1.29, 1.82) is 0 Å². The van der Waals surface area contributed by atoms with E-state index in [9.17, 15) is 23.1 Å². The zero-order valence-corrected chi connectivity index (χ0v) is 35.7. The second-order valence-electron chi connectivity index (χ2n) is 16.7. The van der Waals surface area contributed by atoms with Crippen molar-refractivity contribution in [2.75, 3.05) is 43.4 Å². The molecule has 10 rings (SSSR count). The number of thioether (sulfide) groups is 1. The Hall–Kier alpha value is -6.57. The minimum atomic E-state index is -4.92. The molecule has 64 heavy (non-hydrogen) atoms. The van der Waals surface area contributed by atoms with Crippen LogP contribution in [0.25, 0.3) is 49.4 Å². The fourth-order valence-electron chi connectivity index (χ4n) is 9.21. The first-order chi connectivity index (χ1) is 31.1. The first kappa shape index (κ1) is 41.4. The third-order valence-corrected chi connectivity index (χ3v) is 13.5. The number of piperidine rings is 1. The number of benzene rings is 6. The Morgan fingerprint density at radius 1 is 0.797 bits per heavy atom. The summed E-state index contributed by atoms with van der Waals surface area (Å²) >= 11 is 1.67. The standard InChI is InChI=1S/C51H45F3N6O3S/c52-51(53,54)63-47-13-7-5-11-44(47)49(62)55-28-38-27-46-43-10-4-6-12-45(43)56-50(60(46)57-38)64-32-34-30-58(31-34)29-33-22-24-59(25-23-33)39-17-14-36(15-18-39)48-41(35-8-2-1-3-9-35)20-16-37-26-40(61)19-21-42(37)48/h1-21,26-27,33-34,61H,22-25,28-32H2,(H,55,62). The minimum absolute atomic E-state index is 0.0112. The first-order valence-electron chi connectivity index (χ1n) is 21.5. The van der Waals surface area contributed by atoms with Crippen LogP contribution in [0.2, 0.25) is 0 Å². The first-order valence-corrected chi connectivity index (χ1v) is 22.5. The number of ether oxygens (including phenoxy) is 1. The molecule has 324 valence electrons. The second kappa shape index (κ2) is 17.5. The summed E-state index contributed by atoms with van der Waals surface area (Å²) in [6.45, 7) is 5.25. The molecule has 2 N–H and O–H groups in total. The summed E-state index contributed by atoms with van der Waals surface area (Å²) < 4.78 is 44.8. The Balaban J connectivity index is 0.737. The number of alkyl halides is 3. The van der Waals surface area contributed by atoms with Crippen LogP contribution in [-0.4, -0.2) is 75.4 Å².